The molecule has 198 valence electrons. The Labute approximate surface area is 220 Å². The van der Waals surface area contributed by atoms with Crippen LogP contribution in [-0.4, -0.2) is 53.1 Å². The Morgan fingerprint density at radius 2 is 2.03 bits per heavy atom. The molecule has 2 heterocycles. The van der Waals surface area contributed by atoms with Crippen LogP contribution in [0.25, 0.3) is 0 Å². The second-order valence-corrected chi connectivity index (χ2v) is 9.13. The van der Waals surface area contributed by atoms with Gasteiger partial charge in [0.05, 0.1) is 13.2 Å². The van der Waals surface area contributed by atoms with Gasteiger partial charge in [-0.1, -0.05) is 30.3 Å². The second kappa shape index (κ2) is 11.4. The van der Waals surface area contributed by atoms with Crippen LogP contribution in [0.1, 0.15) is 46.9 Å². The molecule has 0 saturated carbocycles. The quantitative estimate of drug-likeness (QED) is 0.448. The third-order valence-corrected chi connectivity index (χ3v) is 6.69. The molecule has 2 aliphatic rings. The number of nitrogens with zero attached hydrogens (tertiary/aromatic N) is 3. The van der Waals surface area contributed by atoms with Crippen molar-refractivity contribution in [3.8, 4) is 0 Å². The van der Waals surface area contributed by atoms with Crippen LogP contribution in [0.3, 0.4) is 0 Å². The standard InChI is InChI=1S/C28H30FN5O4/c1-17(28(37)38-3)31-26(35)21-9-8-20(23(29)16-21)10-11-25-32-24(13-15-34(25)30)27(36)33-14-12-19-6-4-5-7-22(19)18(33)2/h4-9,11,13,15-18H,10,12,14,30H2,1-3H3,(H,31,35)/b25-11-. The molecule has 2 aromatic rings. The van der Waals surface area contributed by atoms with Crippen LogP contribution in [0.15, 0.2) is 71.6 Å². The molecule has 38 heavy (non-hydrogen) atoms. The molecular weight excluding hydrogens is 489 g/mol. The number of fused-ring (bicyclic) bond motifs is 1. The van der Waals surface area contributed by atoms with Gasteiger partial charge in [0.2, 0.25) is 0 Å². The van der Waals surface area contributed by atoms with Crippen LogP contribution in [0.4, 0.5) is 4.39 Å². The number of carbonyl (C=O) groups is 3. The second-order valence-electron chi connectivity index (χ2n) is 9.13. The zero-order valence-corrected chi connectivity index (χ0v) is 21.5. The van der Waals surface area contributed by atoms with Gasteiger partial charge in [-0.25, -0.2) is 20.0 Å². The first kappa shape index (κ1) is 26.7. The normalized spacial score (nSPS) is 18.5. The maximum Gasteiger partial charge on any atom is 0.328 e. The predicted molar refractivity (Wildman–Crippen MR) is 140 cm³/mol. The highest BCUT2D eigenvalue weighted by Gasteiger charge is 2.30. The molecule has 9 nitrogen and oxygen atoms in total. The Bertz CT molecular complexity index is 1350. The minimum Gasteiger partial charge on any atom is -0.467 e. The zero-order valence-electron chi connectivity index (χ0n) is 21.5. The van der Waals surface area contributed by atoms with E-state index in [0.717, 1.165) is 18.1 Å². The minimum absolute atomic E-state index is 0.0684. The van der Waals surface area contributed by atoms with Gasteiger partial charge in [0.1, 0.15) is 23.4 Å². The highest BCUT2D eigenvalue weighted by molar-refractivity contribution is 6.43. The van der Waals surface area contributed by atoms with Crippen molar-refractivity contribution in [1.29, 1.82) is 0 Å². The first-order chi connectivity index (χ1) is 18.2. The fraction of sp³-hybridized carbons (Fsp3) is 0.286. The molecule has 2 unspecified atom stereocenters. The summed E-state index contributed by atoms with van der Waals surface area (Å²) in [6.45, 7) is 4.05. The molecule has 0 bridgehead atoms. The van der Waals surface area contributed by atoms with Gasteiger partial charge in [-0.15, -0.1) is 0 Å². The van der Waals surface area contributed by atoms with Crippen molar-refractivity contribution in [3.63, 3.8) is 0 Å². The van der Waals surface area contributed by atoms with Crippen molar-refractivity contribution in [1.82, 2.24) is 15.2 Å². The van der Waals surface area contributed by atoms with E-state index in [0.29, 0.717) is 17.9 Å². The molecule has 0 saturated heterocycles. The minimum atomic E-state index is -0.868. The van der Waals surface area contributed by atoms with Gasteiger partial charge in [-0.3, -0.25) is 14.6 Å². The van der Waals surface area contributed by atoms with Gasteiger partial charge in [0.15, 0.2) is 0 Å². The summed E-state index contributed by atoms with van der Waals surface area (Å²) < 4.78 is 19.4. The van der Waals surface area contributed by atoms with E-state index < -0.39 is 23.7 Å². The number of hydrazine groups is 1. The summed E-state index contributed by atoms with van der Waals surface area (Å²) >= 11 is 0. The number of amides is 2. The molecule has 0 radical (unpaired) electrons. The number of nitrogens with one attached hydrogen (secondary N) is 1. The number of rotatable bonds is 6. The average Bonchev–Trinajstić information content (AvgIpc) is 2.92. The van der Waals surface area contributed by atoms with Crippen molar-refractivity contribution < 1.29 is 23.5 Å². The molecule has 0 aromatic heterocycles. The number of nitrogens with two attached hydrogens (primary N) is 1. The molecule has 2 aromatic carbocycles. The Balaban J connectivity index is 1.47. The molecule has 3 N–H and O–H groups in total. The lowest BCUT2D eigenvalue weighted by molar-refractivity contribution is -0.142. The number of halogens is 1. The number of esters is 1. The molecule has 4 rings (SSSR count). The number of allylic oxidation sites excluding steroid dienone is 1. The van der Waals surface area contributed by atoms with Crippen LogP contribution in [0.2, 0.25) is 0 Å². The molecule has 2 amide bonds. The van der Waals surface area contributed by atoms with Crippen LogP contribution < -0.4 is 11.2 Å². The topological polar surface area (TPSA) is 117 Å². The highest BCUT2D eigenvalue weighted by atomic mass is 19.1. The Morgan fingerprint density at radius 1 is 1.26 bits per heavy atom. The summed E-state index contributed by atoms with van der Waals surface area (Å²) in [6, 6.07) is 11.2. The van der Waals surface area contributed by atoms with E-state index in [-0.39, 0.29) is 29.6 Å². The summed E-state index contributed by atoms with van der Waals surface area (Å²) in [6.07, 6.45) is 5.62. The largest absolute Gasteiger partial charge is 0.467 e. The van der Waals surface area contributed by atoms with Crippen molar-refractivity contribution >= 4 is 23.5 Å². The SMILES string of the molecule is COC(=O)C(C)NC(=O)c1ccc(C/C=C2/N=C(C(=O)N3CCc4ccccc4C3C)C=CN2N)c(F)c1. The summed E-state index contributed by atoms with van der Waals surface area (Å²) in [7, 11) is 1.22. The first-order valence-electron chi connectivity index (χ1n) is 12.3. The summed E-state index contributed by atoms with van der Waals surface area (Å²) in [5.41, 5.74) is 2.98. The van der Waals surface area contributed by atoms with E-state index >= 15 is 0 Å². The predicted octanol–water partition coefficient (Wildman–Crippen LogP) is 2.79. The molecule has 2 aliphatic heterocycles. The molecule has 0 spiro atoms. The Hall–Kier alpha value is -4.31. The fourth-order valence-corrected chi connectivity index (χ4v) is 4.48. The number of carbonyl (C=O) groups excluding carboxylic acids is 3. The van der Waals surface area contributed by atoms with Crippen LogP contribution in [-0.2, 0) is 27.2 Å². The monoisotopic (exact) mass is 519 g/mol. The van der Waals surface area contributed by atoms with Gasteiger partial charge in [-0.05, 0) is 67.7 Å². The Kier molecular flexibility index (Phi) is 8.02. The lowest BCUT2D eigenvalue weighted by Crippen LogP contribution is -2.43. The van der Waals surface area contributed by atoms with Crippen molar-refractivity contribution in [3.05, 3.63) is 94.7 Å². The van der Waals surface area contributed by atoms with Gasteiger partial charge in [0, 0.05) is 18.3 Å². The Morgan fingerprint density at radius 3 is 2.76 bits per heavy atom. The van der Waals surface area contributed by atoms with Crippen molar-refractivity contribution in [2.75, 3.05) is 13.7 Å². The van der Waals surface area contributed by atoms with Gasteiger partial charge in [-0.2, -0.15) is 0 Å². The third kappa shape index (κ3) is 5.65. The number of hydrogen-bond donors (Lipinski definition) is 2. The van der Waals surface area contributed by atoms with E-state index in [9.17, 15) is 18.8 Å². The van der Waals surface area contributed by atoms with E-state index in [1.165, 1.54) is 36.7 Å². The lowest BCUT2D eigenvalue weighted by atomic mass is 9.93. The van der Waals surface area contributed by atoms with Crippen molar-refractivity contribution in [2.24, 2.45) is 10.8 Å². The van der Waals surface area contributed by atoms with Gasteiger partial charge < -0.3 is 15.0 Å². The van der Waals surface area contributed by atoms with Crippen LogP contribution >= 0.6 is 0 Å². The summed E-state index contributed by atoms with van der Waals surface area (Å²) in [4.78, 5) is 43.4. The molecule has 10 heteroatoms. The van der Waals surface area contributed by atoms with Gasteiger partial charge >= 0.3 is 5.97 Å². The molecule has 2 atom stereocenters. The van der Waals surface area contributed by atoms with Crippen LogP contribution in [0, 0.1) is 5.82 Å². The summed E-state index contributed by atoms with van der Waals surface area (Å²) in [5, 5.41) is 3.72. The average molecular weight is 520 g/mol. The number of benzene rings is 2. The number of aliphatic imine (C=N–C) groups is 1. The van der Waals surface area contributed by atoms with Gasteiger partial charge in [0.25, 0.3) is 11.8 Å². The maximum absolute atomic E-state index is 14.8. The maximum atomic E-state index is 14.8. The zero-order chi connectivity index (χ0) is 27.4. The molecule has 0 aliphatic carbocycles. The fourth-order valence-electron chi connectivity index (χ4n) is 4.48. The van der Waals surface area contributed by atoms with E-state index in [2.05, 4.69) is 21.1 Å². The van der Waals surface area contributed by atoms with Crippen LogP contribution in [0.5, 0.6) is 0 Å². The molecule has 0 fully saturated rings. The lowest BCUT2D eigenvalue weighted by Gasteiger charge is -2.35. The number of methoxy groups -OCH3 is 1. The van der Waals surface area contributed by atoms with E-state index in [4.69, 9.17) is 5.84 Å². The van der Waals surface area contributed by atoms with E-state index in [1.807, 2.05) is 25.1 Å². The smallest absolute Gasteiger partial charge is 0.328 e. The number of hydrogen-bond acceptors (Lipinski definition) is 7. The van der Waals surface area contributed by atoms with Crippen molar-refractivity contribution in [2.45, 2.75) is 38.8 Å². The first-order valence-corrected chi connectivity index (χ1v) is 12.3. The third-order valence-electron chi connectivity index (χ3n) is 6.69. The van der Waals surface area contributed by atoms with E-state index in [1.54, 1.807) is 23.3 Å². The summed E-state index contributed by atoms with van der Waals surface area (Å²) in [5.74, 6) is 4.31. The highest BCUT2D eigenvalue weighted by Crippen LogP contribution is 2.29. The number of ether oxygens (including phenoxy) is 1. The molecular formula is C28H30FN5O4.